The molecular weight excluding hydrogens is 364 g/mol. The van der Waals surface area contributed by atoms with E-state index < -0.39 is 5.97 Å². The predicted molar refractivity (Wildman–Crippen MR) is 107 cm³/mol. The number of hydrogen-bond donors (Lipinski definition) is 1. The van der Waals surface area contributed by atoms with E-state index in [1.54, 1.807) is 11.8 Å². The van der Waals surface area contributed by atoms with Crippen molar-refractivity contribution in [3.63, 3.8) is 0 Å². The SMILES string of the molecule is CCN(CC)C(=O)c1sc(NC(=O)CCC2CCCC2)c(C(=O)OC)c1C. The van der Waals surface area contributed by atoms with E-state index in [9.17, 15) is 14.4 Å². The highest BCUT2D eigenvalue weighted by molar-refractivity contribution is 7.18. The van der Waals surface area contributed by atoms with Crippen LogP contribution >= 0.6 is 11.3 Å². The van der Waals surface area contributed by atoms with Crippen LogP contribution in [-0.4, -0.2) is 42.9 Å². The Bertz CT molecular complexity index is 688. The molecule has 0 aliphatic heterocycles. The molecule has 1 aliphatic rings. The Kier molecular flexibility index (Phi) is 7.83. The Hall–Kier alpha value is -1.89. The van der Waals surface area contributed by atoms with E-state index >= 15 is 0 Å². The minimum atomic E-state index is -0.534. The van der Waals surface area contributed by atoms with Crippen molar-refractivity contribution in [3.8, 4) is 0 Å². The fourth-order valence-corrected chi connectivity index (χ4v) is 4.81. The molecule has 1 aromatic heterocycles. The molecule has 1 aromatic rings. The van der Waals surface area contributed by atoms with E-state index in [4.69, 9.17) is 4.74 Å². The van der Waals surface area contributed by atoms with Gasteiger partial charge in [0.05, 0.1) is 17.6 Å². The lowest BCUT2D eigenvalue weighted by Crippen LogP contribution is -2.30. The molecule has 0 aromatic carbocycles. The maximum Gasteiger partial charge on any atom is 0.341 e. The first-order chi connectivity index (χ1) is 12.9. The molecule has 2 amide bonds. The molecule has 0 saturated heterocycles. The molecule has 1 fully saturated rings. The first kappa shape index (κ1) is 21.4. The number of methoxy groups -OCH3 is 1. The first-order valence-corrected chi connectivity index (χ1v) is 10.5. The second kappa shape index (κ2) is 9.88. The van der Waals surface area contributed by atoms with Crippen LogP contribution < -0.4 is 5.32 Å². The summed E-state index contributed by atoms with van der Waals surface area (Å²) in [6.07, 6.45) is 6.19. The van der Waals surface area contributed by atoms with Gasteiger partial charge in [0.1, 0.15) is 5.00 Å². The third kappa shape index (κ3) is 5.09. The summed E-state index contributed by atoms with van der Waals surface area (Å²) in [5, 5.41) is 3.26. The number of carbonyl (C=O) groups is 3. The lowest BCUT2D eigenvalue weighted by molar-refractivity contribution is -0.116. The fourth-order valence-electron chi connectivity index (χ4n) is 3.63. The number of amides is 2. The molecule has 0 radical (unpaired) electrons. The second-order valence-electron chi connectivity index (χ2n) is 6.97. The van der Waals surface area contributed by atoms with Gasteiger partial charge < -0.3 is 15.0 Å². The predicted octanol–water partition coefficient (Wildman–Crippen LogP) is 4.23. The van der Waals surface area contributed by atoms with Crippen molar-refractivity contribution >= 4 is 34.1 Å². The van der Waals surface area contributed by atoms with Crippen LogP contribution in [-0.2, 0) is 9.53 Å². The molecule has 1 heterocycles. The van der Waals surface area contributed by atoms with Crippen LogP contribution in [0, 0.1) is 12.8 Å². The van der Waals surface area contributed by atoms with Gasteiger partial charge in [-0.2, -0.15) is 0 Å². The Balaban J connectivity index is 2.20. The third-order valence-electron chi connectivity index (χ3n) is 5.29. The summed E-state index contributed by atoms with van der Waals surface area (Å²) in [6.45, 7) is 6.73. The van der Waals surface area contributed by atoms with Gasteiger partial charge in [-0.1, -0.05) is 25.7 Å². The quantitative estimate of drug-likeness (QED) is 0.669. The number of rotatable bonds is 8. The smallest absolute Gasteiger partial charge is 0.341 e. The van der Waals surface area contributed by atoms with Crippen LogP contribution in [0.2, 0.25) is 0 Å². The molecule has 0 atom stereocenters. The molecule has 0 bridgehead atoms. The van der Waals surface area contributed by atoms with Crippen molar-refractivity contribution in [2.75, 3.05) is 25.5 Å². The Morgan fingerprint density at radius 3 is 2.37 bits per heavy atom. The molecule has 27 heavy (non-hydrogen) atoms. The van der Waals surface area contributed by atoms with Gasteiger partial charge in [-0.25, -0.2) is 4.79 Å². The van der Waals surface area contributed by atoms with Crippen LogP contribution in [0.4, 0.5) is 5.00 Å². The molecular formula is C20H30N2O4S. The van der Waals surface area contributed by atoms with Crippen LogP contribution in [0.25, 0.3) is 0 Å². The van der Waals surface area contributed by atoms with E-state index in [2.05, 4.69) is 5.32 Å². The maximum absolute atomic E-state index is 12.8. The van der Waals surface area contributed by atoms with Gasteiger partial charge in [0.15, 0.2) is 0 Å². The zero-order valence-corrected chi connectivity index (χ0v) is 17.5. The topological polar surface area (TPSA) is 75.7 Å². The second-order valence-corrected chi connectivity index (χ2v) is 7.99. The van der Waals surface area contributed by atoms with Gasteiger partial charge in [0.2, 0.25) is 5.91 Å². The molecule has 1 aliphatic carbocycles. The van der Waals surface area contributed by atoms with Crippen LogP contribution in [0.1, 0.15) is 78.0 Å². The minimum Gasteiger partial charge on any atom is -0.465 e. The highest BCUT2D eigenvalue weighted by Crippen LogP contribution is 2.35. The summed E-state index contributed by atoms with van der Waals surface area (Å²) in [4.78, 5) is 39.6. The van der Waals surface area contributed by atoms with Gasteiger partial charge >= 0.3 is 5.97 Å². The highest BCUT2D eigenvalue weighted by Gasteiger charge is 2.28. The van der Waals surface area contributed by atoms with Crippen molar-refractivity contribution in [2.24, 2.45) is 5.92 Å². The zero-order chi connectivity index (χ0) is 20.0. The molecule has 0 unspecified atom stereocenters. The van der Waals surface area contributed by atoms with Crippen molar-refractivity contribution in [2.45, 2.75) is 59.3 Å². The largest absolute Gasteiger partial charge is 0.465 e. The average Bonchev–Trinajstić information content (AvgIpc) is 3.28. The van der Waals surface area contributed by atoms with Crippen molar-refractivity contribution in [3.05, 3.63) is 16.0 Å². The first-order valence-electron chi connectivity index (χ1n) is 9.73. The van der Waals surface area contributed by atoms with E-state index in [0.29, 0.717) is 40.9 Å². The molecule has 1 N–H and O–H groups in total. The van der Waals surface area contributed by atoms with Crippen LogP contribution in [0.5, 0.6) is 0 Å². The molecule has 0 spiro atoms. The lowest BCUT2D eigenvalue weighted by atomic mass is 10.0. The molecule has 150 valence electrons. The van der Waals surface area contributed by atoms with Gasteiger partial charge in [-0.15, -0.1) is 11.3 Å². The molecule has 6 nitrogen and oxygen atoms in total. The van der Waals surface area contributed by atoms with Gasteiger partial charge in [-0.05, 0) is 38.7 Å². The average molecular weight is 395 g/mol. The van der Waals surface area contributed by atoms with Gasteiger partial charge in [-0.3, -0.25) is 9.59 Å². The lowest BCUT2D eigenvalue weighted by Gasteiger charge is -2.17. The molecule has 1 saturated carbocycles. The zero-order valence-electron chi connectivity index (χ0n) is 16.7. The van der Waals surface area contributed by atoms with E-state index in [1.807, 2.05) is 13.8 Å². The fraction of sp³-hybridized carbons (Fsp3) is 0.650. The summed E-state index contributed by atoms with van der Waals surface area (Å²) in [5.41, 5.74) is 0.849. The number of hydrogen-bond acceptors (Lipinski definition) is 5. The summed E-state index contributed by atoms with van der Waals surface area (Å²) < 4.78 is 4.88. The summed E-state index contributed by atoms with van der Waals surface area (Å²) in [6, 6.07) is 0. The van der Waals surface area contributed by atoms with Crippen molar-refractivity contribution < 1.29 is 19.1 Å². The van der Waals surface area contributed by atoms with Gasteiger partial charge in [0.25, 0.3) is 5.91 Å². The number of carbonyl (C=O) groups excluding carboxylic acids is 3. The number of thiophene rings is 1. The normalized spacial score (nSPS) is 14.2. The maximum atomic E-state index is 12.8. The van der Waals surface area contributed by atoms with Crippen LogP contribution in [0.15, 0.2) is 0 Å². The summed E-state index contributed by atoms with van der Waals surface area (Å²) in [7, 11) is 1.30. The van der Waals surface area contributed by atoms with E-state index in [-0.39, 0.29) is 17.4 Å². The third-order valence-corrected chi connectivity index (χ3v) is 6.48. The standard InChI is InChI=1S/C20H30N2O4S/c1-5-22(6-2)19(24)17-13(3)16(20(25)26-4)18(27-17)21-15(23)12-11-14-9-7-8-10-14/h14H,5-12H2,1-4H3,(H,21,23). The molecule has 7 heteroatoms. The van der Waals surface area contributed by atoms with E-state index in [1.165, 1.54) is 32.8 Å². The number of ether oxygens (including phenoxy) is 1. The number of anilines is 1. The van der Waals surface area contributed by atoms with Gasteiger partial charge in [0, 0.05) is 19.5 Å². The van der Waals surface area contributed by atoms with Crippen LogP contribution in [0.3, 0.4) is 0 Å². The monoisotopic (exact) mass is 394 g/mol. The van der Waals surface area contributed by atoms with E-state index in [0.717, 1.165) is 17.8 Å². The summed E-state index contributed by atoms with van der Waals surface area (Å²) in [5.74, 6) is -0.150. The minimum absolute atomic E-state index is 0.116. The van der Waals surface area contributed by atoms with Crippen molar-refractivity contribution in [1.82, 2.24) is 4.90 Å². The Labute approximate surface area is 165 Å². The number of esters is 1. The Morgan fingerprint density at radius 2 is 1.81 bits per heavy atom. The van der Waals surface area contributed by atoms with Crippen molar-refractivity contribution in [1.29, 1.82) is 0 Å². The Morgan fingerprint density at radius 1 is 1.19 bits per heavy atom. The number of nitrogens with one attached hydrogen (secondary N) is 1. The summed E-state index contributed by atoms with van der Waals surface area (Å²) >= 11 is 1.16. The number of nitrogens with zero attached hydrogens (tertiary/aromatic N) is 1. The highest BCUT2D eigenvalue weighted by atomic mass is 32.1. The molecule has 2 rings (SSSR count).